The maximum atomic E-state index is 13.1. The fraction of sp³-hybridized carbons (Fsp3) is 0.600. The number of piperidine rings is 2. The van der Waals surface area contributed by atoms with Gasteiger partial charge in [0.25, 0.3) is 0 Å². The minimum absolute atomic E-state index is 0.0539. The maximum Gasteiger partial charge on any atom is 0.319 e. The molecular formula is C20H30N4O4S. The lowest BCUT2D eigenvalue weighted by molar-refractivity contribution is -0.121. The first kappa shape index (κ1) is 21.6. The lowest BCUT2D eigenvalue weighted by Crippen LogP contribution is -2.45. The lowest BCUT2D eigenvalue weighted by Gasteiger charge is -2.33. The van der Waals surface area contributed by atoms with E-state index >= 15 is 0 Å². The lowest BCUT2D eigenvalue weighted by atomic mass is 9.96. The Labute approximate surface area is 172 Å². The number of benzene rings is 1. The van der Waals surface area contributed by atoms with Crippen LogP contribution in [0.2, 0.25) is 0 Å². The second-order valence-electron chi connectivity index (χ2n) is 7.89. The molecule has 0 saturated carbocycles. The number of hydrogen-bond donors (Lipinski definition) is 1. The van der Waals surface area contributed by atoms with E-state index in [2.05, 4.69) is 5.32 Å². The van der Waals surface area contributed by atoms with Gasteiger partial charge in [0.1, 0.15) is 4.90 Å². The summed E-state index contributed by atoms with van der Waals surface area (Å²) in [6.45, 7) is 2.07. The molecule has 0 atom stereocenters. The van der Waals surface area contributed by atoms with Gasteiger partial charge in [-0.25, -0.2) is 13.2 Å². The summed E-state index contributed by atoms with van der Waals surface area (Å²) < 4.78 is 27.7. The van der Waals surface area contributed by atoms with Crippen molar-refractivity contribution < 1.29 is 18.0 Å². The third kappa shape index (κ3) is 4.90. The zero-order valence-corrected chi connectivity index (χ0v) is 18.0. The van der Waals surface area contributed by atoms with Crippen LogP contribution in [0, 0.1) is 5.92 Å². The van der Waals surface area contributed by atoms with E-state index in [1.54, 1.807) is 43.3 Å². The second kappa shape index (κ2) is 9.13. The molecule has 3 amide bonds. The van der Waals surface area contributed by atoms with E-state index in [4.69, 9.17) is 0 Å². The molecule has 0 radical (unpaired) electrons. The monoisotopic (exact) mass is 422 g/mol. The fourth-order valence-electron chi connectivity index (χ4n) is 3.89. The summed E-state index contributed by atoms with van der Waals surface area (Å²) in [7, 11) is -0.220. The van der Waals surface area contributed by atoms with Gasteiger partial charge in [-0.1, -0.05) is 18.6 Å². The van der Waals surface area contributed by atoms with Crippen molar-refractivity contribution in [3.8, 4) is 0 Å². The number of anilines is 1. The first-order valence-corrected chi connectivity index (χ1v) is 11.6. The zero-order valence-electron chi connectivity index (χ0n) is 17.1. The van der Waals surface area contributed by atoms with E-state index in [0.29, 0.717) is 44.7 Å². The maximum absolute atomic E-state index is 13.1. The van der Waals surface area contributed by atoms with Gasteiger partial charge in [-0.05, 0) is 37.8 Å². The van der Waals surface area contributed by atoms with Gasteiger partial charge in [0.2, 0.25) is 15.9 Å². The van der Waals surface area contributed by atoms with E-state index in [1.165, 1.54) is 9.21 Å². The molecule has 160 valence electrons. The predicted octanol–water partition coefficient (Wildman–Crippen LogP) is 2.19. The molecule has 9 heteroatoms. The highest BCUT2D eigenvalue weighted by molar-refractivity contribution is 7.89. The number of nitrogens with one attached hydrogen (secondary N) is 1. The zero-order chi connectivity index (χ0) is 21.0. The van der Waals surface area contributed by atoms with Crippen molar-refractivity contribution in [2.24, 2.45) is 5.92 Å². The summed E-state index contributed by atoms with van der Waals surface area (Å²) in [6.07, 6.45) is 3.88. The Hall–Kier alpha value is -2.13. The van der Waals surface area contributed by atoms with Crippen molar-refractivity contribution in [1.29, 1.82) is 0 Å². The van der Waals surface area contributed by atoms with Crippen molar-refractivity contribution in [3.63, 3.8) is 0 Å². The van der Waals surface area contributed by atoms with Crippen LogP contribution in [0.15, 0.2) is 29.2 Å². The summed E-state index contributed by atoms with van der Waals surface area (Å²) in [6, 6.07) is 6.54. The number of hydrogen-bond acceptors (Lipinski definition) is 4. The molecule has 1 N–H and O–H groups in total. The van der Waals surface area contributed by atoms with E-state index < -0.39 is 10.0 Å². The molecule has 2 fully saturated rings. The highest BCUT2D eigenvalue weighted by Crippen LogP contribution is 2.28. The number of amides is 3. The normalized spacial score (nSPS) is 19.0. The van der Waals surface area contributed by atoms with E-state index in [1.807, 2.05) is 0 Å². The minimum Gasteiger partial charge on any atom is -0.331 e. The number of para-hydroxylation sites is 1. The largest absolute Gasteiger partial charge is 0.331 e. The van der Waals surface area contributed by atoms with Crippen molar-refractivity contribution in [2.75, 3.05) is 45.6 Å². The second-order valence-corrected chi connectivity index (χ2v) is 9.79. The van der Waals surface area contributed by atoms with E-state index in [9.17, 15) is 18.0 Å². The summed E-state index contributed by atoms with van der Waals surface area (Å²) >= 11 is 0. The van der Waals surface area contributed by atoms with Crippen LogP contribution in [-0.2, 0) is 14.8 Å². The summed E-state index contributed by atoms with van der Waals surface area (Å²) in [4.78, 5) is 28.3. The van der Waals surface area contributed by atoms with Gasteiger partial charge in [-0.2, -0.15) is 4.31 Å². The Bertz CT molecular complexity index is 842. The molecule has 0 spiro atoms. The van der Waals surface area contributed by atoms with Gasteiger partial charge < -0.3 is 15.1 Å². The number of likely N-dealkylation sites (tertiary alicyclic amines) is 1. The van der Waals surface area contributed by atoms with Crippen LogP contribution in [-0.4, -0.2) is 74.7 Å². The van der Waals surface area contributed by atoms with Crippen LogP contribution in [0.25, 0.3) is 0 Å². The molecule has 0 unspecified atom stereocenters. The smallest absolute Gasteiger partial charge is 0.319 e. The summed E-state index contributed by atoms with van der Waals surface area (Å²) in [5.41, 5.74) is 0.329. The van der Waals surface area contributed by atoms with Crippen LogP contribution in [0.4, 0.5) is 10.5 Å². The van der Waals surface area contributed by atoms with Crippen molar-refractivity contribution in [3.05, 3.63) is 24.3 Å². The van der Waals surface area contributed by atoms with Crippen molar-refractivity contribution in [2.45, 2.75) is 37.0 Å². The Morgan fingerprint density at radius 2 is 1.62 bits per heavy atom. The summed E-state index contributed by atoms with van der Waals surface area (Å²) in [5.74, 6) is -0.435. The summed E-state index contributed by atoms with van der Waals surface area (Å²) in [5, 5.41) is 2.83. The number of urea groups is 1. The van der Waals surface area contributed by atoms with Crippen LogP contribution >= 0.6 is 0 Å². The van der Waals surface area contributed by atoms with Crippen LogP contribution in [0.5, 0.6) is 0 Å². The van der Waals surface area contributed by atoms with Gasteiger partial charge in [-0.3, -0.25) is 4.79 Å². The Balaban J connectivity index is 1.68. The third-order valence-electron chi connectivity index (χ3n) is 5.60. The minimum atomic E-state index is -3.64. The highest BCUT2D eigenvalue weighted by Gasteiger charge is 2.31. The van der Waals surface area contributed by atoms with Crippen molar-refractivity contribution in [1.82, 2.24) is 14.1 Å². The molecule has 3 rings (SSSR count). The molecule has 1 aromatic rings. The van der Waals surface area contributed by atoms with Gasteiger partial charge in [0.05, 0.1) is 5.69 Å². The standard InChI is InChI=1S/C20H30N4O4S/c1-22(2)20(26)23-14-10-16(11-15-23)19(25)21-17-8-4-5-9-18(17)29(27,28)24-12-6-3-7-13-24/h4-5,8-9,16H,3,6-7,10-15H2,1-2H3,(H,21,25). The van der Waals surface area contributed by atoms with Crippen LogP contribution < -0.4 is 5.32 Å². The molecule has 2 heterocycles. The van der Waals surface area contributed by atoms with Gasteiger partial charge in [0.15, 0.2) is 0 Å². The number of carbonyl (C=O) groups excluding carboxylic acids is 2. The number of carbonyl (C=O) groups is 2. The Morgan fingerprint density at radius 1 is 1.00 bits per heavy atom. The van der Waals surface area contributed by atoms with Gasteiger partial charge in [0, 0.05) is 46.2 Å². The Kier molecular flexibility index (Phi) is 6.79. The average molecular weight is 423 g/mol. The number of rotatable bonds is 4. The average Bonchev–Trinajstić information content (AvgIpc) is 2.74. The Morgan fingerprint density at radius 3 is 2.24 bits per heavy atom. The van der Waals surface area contributed by atoms with Gasteiger partial charge in [-0.15, -0.1) is 0 Å². The SMILES string of the molecule is CN(C)C(=O)N1CCC(C(=O)Nc2ccccc2S(=O)(=O)N2CCCCC2)CC1. The fourth-order valence-corrected chi connectivity index (χ4v) is 5.55. The van der Waals surface area contributed by atoms with Crippen molar-refractivity contribution >= 4 is 27.6 Å². The molecule has 2 aliphatic heterocycles. The predicted molar refractivity (Wildman–Crippen MR) is 111 cm³/mol. The molecular weight excluding hydrogens is 392 g/mol. The highest BCUT2D eigenvalue weighted by atomic mass is 32.2. The molecule has 1 aromatic carbocycles. The first-order chi connectivity index (χ1) is 13.8. The third-order valence-corrected chi connectivity index (χ3v) is 7.55. The molecule has 2 saturated heterocycles. The molecule has 0 bridgehead atoms. The molecule has 0 aromatic heterocycles. The van der Waals surface area contributed by atoms with Crippen LogP contribution in [0.3, 0.4) is 0 Å². The van der Waals surface area contributed by atoms with Crippen LogP contribution in [0.1, 0.15) is 32.1 Å². The number of nitrogens with zero attached hydrogens (tertiary/aromatic N) is 3. The molecule has 2 aliphatic rings. The molecule has 8 nitrogen and oxygen atoms in total. The van der Waals surface area contributed by atoms with E-state index in [-0.39, 0.29) is 22.8 Å². The first-order valence-electron chi connectivity index (χ1n) is 10.2. The molecule has 0 aliphatic carbocycles. The quantitative estimate of drug-likeness (QED) is 0.805. The van der Waals surface area contributed by atoms with Gasteiger partial charge >= 0.3 is 6.03 Å². The topological polar surface area (TPSA) is 90.0 Å². The van der Waals surface area contributed by atoms with E-state index in [0.717, 1.165) is 19.3 Å². The number of sulfonamides is 1. The molecule has 29 heavy (non-hydrogen) atoms.